The van der Waals surface area contributed by atoms with Crippen molar-refractivity contribution in [1.29, 1.82) is 0 Å². The van der Waals surface area contributed by atoms with Crippen LogP contribution in [0.25, 0.3) is 0 Å². The third-order valence-electron chi connectivity index (χ3n) is 3.41. The molecule has 0 fully saturated rings. The van der Waals surface area contributed by atoms with Gasteiger partial charge in [-0.25, -0.2) is 0 Å². The van der Waals surface area contributed by atoms with Crippen LogP contribution in [-0.2, 0) is 20.1 Å². The Hall–Kier alpha value is -1.68. The van der Waals surface area contributed by atoms with Crippen LogP contribution in [0, 0.1) is 20.8 Å². The van der Waals surface area contributed by atoms with Gasteiger partial charge >= 0.3 is 0 Å². The molecule has 2 aromatic rings. The number of aromatic nitrogens is 3. The van der Waals surface area contributed by atoms with E-state index in [0.29, 0.717) is 0 Å². The molecular formula is C14H20N4. The number of nitrogens with zero attached hydrogens (tertiary/aromatic N) is 3. The van der Waals surface area contributed by atoms with Crippen molar-refractivity contribution < 1.29 is 0 Å². The molecule has 2 aromatic heterocycles. The predicted molar refractivity (Wildman–Crippen MR) is 72.2 cm³/mol. The van der Waals surface area contributed by atoms with Crippen LogP contribution in [-0.4, -0.2) is 14.8 Å². The second-order valence-electron chi connectivity index (χ2n) is 4.68. The van der Waals surface area contributed by atoms with Gasteiger partial charge in [0.25, 0.3) is 0 Å². The summed E-state index contributed by atoms with van der Waals surface area (Å²) in [7, 11) is 1.98. The van der Waals surface area contributed by atoms with Crippen LogP contribution in [0.15, 0.2) is 18.5 Å². The van der Waals surface area contributed by atoms with E-state index in [1.54, 1.807) is 0 Å². The van der Waals surface area contributed by atoms with Crippen molar-refractivity contribution >= 4 is 0 Å². The quantitative estimate of drug-likeness (QED) is 0.895. The third-order valence-corrected chi connectivity index (χ3v) is 3.41. The van der Waals surface area contributed by atoms with Gasteiger partial charge in [0.1, 0.15) is 0 Å². The van der Waals surface area contributed by atoms with E-state index in [0.717, 1.165) is 18.8 Å². The van der Waals surface area contributed by atoms with Gasteiger partial charge in [-0.05, 0) is 38.0 Å². The zero-order chi connectivity index (χ0) is 13.1. The number of nitrogens with one attached hydrogen (secondary N) is 1. The highest BCUT2D eigenvalue weighted by molar-refractivity contribution is 5.25. The number of rotatable bonds is 4. The van der Waals surface area contributed by atoms with E-state index in [2.05, 4.69) is 42.2 Å². The minimum atomic E-state index is 0.854. The van der Waals surface area contributed by atoms with Crippen LogP contribution in [0.2, 0.25) is 0 Å². The van der Waals surface area contributed by atoms with E-state index in [4.69, 9.17) is 0 Å². The van der Waals surface area contributed by atoms with Crippen molar-refractivity contribution in [2.45, 2.75) is 33.9 Å². The van der Waals surface area contributed by atoms with Gasteiger partial charge in [0, 0.05) is 43.8 Å². The van der Waals surface area contributed by atoms with Gasteiger partial charge in [-0.15, -0.1) is 0 Å². The molecule has 2 heterocycles. The summed E-state index contributed by atoms with van der Waals surface area (Å²) >= 11 is 0. The van der Waals surface area contributed by atoms with E-state index in [1.165, 1.54) is 22.4 Å². The molecule has 1 N–H and O–H groups in total. The summed E-state index contributed by atoms with van der Waals surface area (Å²) in [5.74, 6) is 0. The second kappa shape index (κ2) is 5.31. The highest BCUT2D eigenvalue weighted by Gasteiger charge is 2.08. The fourth-order valence-electron chi connectivity index (χ4n) is 2.10. The fraction of sp³-hybridized carbons (Fsp3) is 0.429. The van der Waals surface area contributed by atoms with Crippen molar-refractivity contribution in [2.24, 2.45) is 7.05 Å². The fourth-order valence-corrected chi connectivity index (χ4v) is 2.10. The van der Waals surface area contributed by atoms with Crippen molar-refractivity contribution in [2.75, 3.05) is 0 Å². The minimum absolute atomic E-state index is 0.854. The molecule has 4 heteroatoms. The highest BCUT2D eigenvalue weighted by Crippen LogP contribution is 2.12. The van der Waals surface area contributed by atoms with Gasteiger partial charge in [0.15, 0.2) is 0 Å². The zero-order valence-electron chi connectivity index (χ0n) is 11.5. The Bertz CT molecular complexity index is 543. The van der Waals surface area contributed by atoms with Crippen molar-refractivity contribution in [3.63, 3.8) is 0 Å². The first-order valence-electron chi connectivity index (χ1n) is 6.19. The maximum Gasteiger partial charge on any atom is 0.0641 e. The summed E-state index contributed by atoms with van der Waals surface area (Å²) in [4.78, 5) is 4.10. The Labute approximate surface area is 108 Å². The summed E-state index contributed by atoms with van der Waals surface area (Å²) in [5.41, 5.74) is 6.15. The van der Waals surface area contributed by atoms with Crippen LogP contribution in [0.1, 0.15) is 28.1 Å². The molecule has 0 unspecified atom stereocenters. The molecule has 0 saturated heterocycles. The molecule has 0 spiro atoms. The SMILES string of the molecule is Cc1cnccc1CNCc1c(C)nn(C)c1C. The summed E-state index contributed by atoms with van der Waals surface area (Å²) in [6, 6.07) is 2.06. The minimum Gasteiger partial charge on any atom is -0.308 e. The molecule has 0 aliphatic rings. The summed E-state index contributed by atoms with van der Waals surface area (Å²) in [5, 5.41) is 7.89. The molecule has 0 aliphatic carbocycles. The third kappa shape index (κ3) is 2.59. The van der Waals surface area contributed by atoms with Gasteiger partial charge in [0.05, 0.1) is 5.69 Å². The topological polar surface area (TPSA) is 42.7 Å². The van der Waals surface area contributed by atoms with Crippen molar-refractivity contribution in [1.82, 2.24) is 20.1 Å². The van der Waals surface area contributed by atoms with Gasteiger partial charge in [-0.2, -0.15) is 5.10 Å². The monoisotopic (exact) mass is 244 g/mol. The predicted octanol–water partition coefficient (Wildman–Crippen LogP) is 2.03. The van der Waals surface area contributed by atoms with Crippen LogP contribution < -0.4 is 5.32 Å². The summed E-state index contributed by atoms with van der Waals surface area (Å²) in [6.45, 7) is 7.97. The molecule has 0 amide bonds. The van der Waals surface area contributed by atoms with Gasteiger partial charge in [0.2, 0.25) is 0 Å². The second-order valence-corrected chi connectivity index (χ2v) is 4.68. The standard InChI is InChI=1S/C14H20N4/c1-10-7-15-6-5-13(10)8-16-9-14-11(2)17-18(4)12(14)3/h5-7,16H,8-9H2,1-4H3. The largest absolute Gasteiger partial charge is 0.308 e. The Morgan fingerprint density at radius 3 is 2.61 bits per heavy atom. The lowest BCUT2D eigenvalue weighted by Gasteiger charge is -2.07. The molecule has 0 bridgehead atoms. The van der Waals surface area contributed by atoms with Gasteiger partial charge in [-0.3, -0.25) is 9.67 Å². The first-order valence-corrected chi connectivity index (χ1v) is 6.19. The summed E-state index contributed by atoms with van der Waals surface area (Å²) < 4.78 is 1.93. The van der Waals surface area contributed by atoms with Gasteiger partial charge in [-0.1, -0.05) is 0 Å². The van der Waals surface area contributed by atoms with Crippen LogP contribution in [0.3, 0.4) is 0 Å². The Morgan fingerprint density at radius 1 is 1.22 bits per heavy atom. The van der Waals surface area contributed by atoms with Gasteiger partial charge < -0.3 is 5.32 Å². The molecule has 0 radical (unpaired) electrons. The average molecular weight is 244 g/mol. The molecule has 4 nitrogen and oxygen atoms in total. The van der Waals surface area contributed by atoms with E-state index in [9.17, 15) is 0 Å². The highest BCUT2D eigenvalue weighted by atomic mass is 15.3. The van der Waals surface area contributed by atoms with Crippen molar-refractivity contribution in [3.05, 3.63) is 46.5 Å². The zero-order valence-corrected chi connectivity index (χ0v) is 11.5. The smallest absolute Gasteiger partial charge is 0.0641 e. The molecule has 0 atom stereocenters. The maximum atomic E-state index is 4.42. The first-order chi connectivity index (χ1) is 8.59. The lowest BCUT2D eigenvalue weighted by Crippen LogP contribution is -2.14. The Morgan fingerprint density at radius 2 is 2.00 bits per heavy atom. The average Bonchev–Trinajstić information content (AvgIpc) is 2.58. The molecular weight excluding hydrogens is 224 g/mol. The van der Waals surface area contributed by atoms with E-state index in [-0.39, 0.29) is 0 Å². The van der Waals surface area contributed by atoms with E-state index in [1.807, 2.05) is 24.1 Å². The van der Waals surface area contributed by atoms with Crippen molar-refractivity contribution in [3.8, 4) is 0 Å². The number of pyridine rings is 1. The molecule has 0 aromatic carbocycles. The Kier molecular flexibility index (Phi) is 3.77. The van der Waals surface area contributed by atoms with E-state index >= 15 is 0 Å². The number of hydrogen-bond donors (Lipinski definition) is 1. The lowest BCUT2D eigenvalue weighted by atomic mass is 10.1. The van der Waals surface area contributed by atoms with Crippen LogP contribution >= 0.6 is 0 Å². The lowest BCUT2D eigenvalue weighted by molar-refractivity contribution is 0.681. The normalized spacial score (nSPS) is 10.9. The maximum absolute atomic E-state index is 4.42. The molecule has 0 aliphatic heterocycles. The molecule has 2 rings (SSSR count). The number of aryl methyl sites for hydroxylation is 3. The Balaban J connectivity index is 1.99. The first kappa shape index (κ1) is 12.8. The number of hydrogen-bond acceptors (Lipinski definition) is 3. The molecule has 0 saturated carbocycles. The van der Waals surface area contributed by atoms with E-state index < -0.39 is 0 Å². The van der Waals surface area contributed by atoms with Crippen LogP contribution in [0.4, 0.5) is 0 Å². The summed E-state index contributed by atoms with van der Waals surface area (Å²) in [6.07, 6.45) is 3.74. The molecule has 96 valence electrons. The molecule has 18 heavy (non-hydrogen) atoms. The van der Waals surface area contributed by atoms with Crippen LogP contribution in [0.5, 0.6) is 0 Å².